The number of hydrogen-bond donors (Lipinski definition) is 2. The van der Waals surface area contributed by atoms with Crippen molar-refractivity contribution in [2.45, 2.75) is 44.9 Å². The summed E-state index contributed by atoms with van der Waals surface area (Å²) in [4.78, 5) is 17.9. The van der Waals surface area contributed by atoms with Crippen LogP contribution in [0.2, 0.25) is 0 Å². The summed E-state index contributed by atoms with van der Waals surface area (Å²) in [7, 11) is 0. The van der Waals surface area contributed by atoms with E-state index in [1.165, 1.54) is 28.8 Å². The molecule has 2 heterocycles. The van der Waals surface area contributed by atoms with Gasteiger partial charge in [-0.1, -0.05) is 11.8 Å². The van der Waals surface area contributed by atoms with E-state index in [-0.39, 0.29) is 18.6 Å². The molecular weight excluding hydrogens is 357 g/mol. The Bertz CT molecular complexity index is 765. The molecule has 0 radical (unpaired) electrons. The molecule has 2 aliphatic heterocycles. The minimum atomic E-state index is -1.09. The summed E-state index contributed by atoms with van der Waals surface area (Å²) in [6, 6.07) is 4.42. The maximum absolute atomic E-state index is 14.7. The molecule has 1 aromatic carbocycles. The summed E-state index contributed by atoms with van der Waals surface area (Å²) in [5.74, 6) is 0.117. The van der Waals surface area contributed by atoms with E-state index < -0.39 is 23.0 Å². The summed E-state index contributed by atoms with van der Waals surface area (Å²) in [6.07, 6.45) is -1.20. The van der Waals surface area contributed by atoms with Crippen LogP contribution in [0.15, 0.2) is 23.2 Å². The number of rotatable bonds is 1. The number of carboxylic acid groups (broad SMARTS) is 1. The topological polar surface area (TPSA) is 88.2 Å². The Labute approximate surface area is 156 Å². The van der Waals surface area contributed by atoms with Crippen LogP contribution in [0.5, 0.6) is 0 Å². The zero-order chi connectivity index (χ0) is 19.3. The number of ether oxygens (including phenoxy) is 1. The van der Waals surface area contributed by atoms with E-state index in [0.29, 0.717) is 22.2 Å². The van der Waals surface area contributed by atoms with Crippen LogP contribution in [-0.4, -0.2) is 45.3 Å². The van der Waals surface area contributed by atoms with Crippen LogP contribution in [0.3, 0.4) is 0 Å². The third-order valence-corrected chi connectivity index (χ3v) is 6.00. The molecule has 3 N–H and O–H groups in total. The molecule has 26 heavy (non-hydrogen) atoms. The van der Waals surface area contributed by atoms with Gasteiger partial charge in [-0.15, -0.1) is 0 Å². The largest absolute Gasteiger partial charge is 0.465 e. The third kappa shape index (κ3) is 3.05. The molecule has 0 saturated carbocycles. The quantitative estimate of drug-likeness (QED) is 0.727. The van der Waals surface area contributed by atoms with E-state index >= 15 is 0 Å². The van der Waals surface area contributed by atoms with Crippen LogP contribution in [0.4, 0.5) is 14.9 Å². The van der Waals surface area contributed by atoms with E-state index in [4.69, 9.17) is 15.5 Å². The second kappa shape index (κ2) is 6.42. The molecule has 0 unspecified atom stereocenters. The fraction of sp³-hybridized carbons (Fsp3) is 0.556. The number of nitrogens with zero attached hydrogens (tertiary/aromatic N) is 2. The van der Waals surface area contributed by atoms with Crippen molar-refractivity contribution in [3.8, 4) is 0 Å². The molecule has 1 fully saturated rings. The van der Waals surface area contributed by atoms with Crippen molar-refractivity contribution in [3.63, 3.8) is 0 Å². The lowest BCUT2D eigenvalue weighted by atomic mass is 9.79. The predicted octanol–water partition coefficient (Wildman–Crippen LogP) is 3.52. The smallest absolute Gasteiger partial charge is 0.413 e. The highest BCUT2D eigenvalue weighted by atomic mass is 32.2. The van der Waals surface area contributed by atoms with Gasteiger partial charge in [0, 0.05) is 28.5 Å². The van der Waals surface area contributed by atoms with Crippen molar-refractivity contribution in [1.82, 2.24) is 4.90 Å². The molecule has 3 rings (SSSR count). The minimum absolute atomic E-state index is 0.0665. The second-order valence-electron chi connectivity index (χ2n) is 7.78. The van der Waals surface area contributed by atoms with Crippen LogP contribution in [0.1, 0.15) is 33.3 Å². The van der Waals surface area contributed by atoms with Gasteiger partial charge in [0.15, 0.2) is 5.17 Å². The minimum Gasteiger partial charge on any atom is -0.465 e. The molecule has 0 spiro atoms. The highest BCUT2D eigenvalue weighted by Crippen LogP contribution is 2.49. The highest BCUT2D eigenvalue weighted by molar-refractivity contribution is 8.13. The Morgan fingerprint density at radius 2 is 2.19 bits per heavy atom. The zero-order valence-electron chi connectivity index (χ0n) is 15.3. The monoisotopic (exact) mass is 381 g/mol. The Morgan fingerprint density at radius 1 is 1.50 bits per heavy atom. The molecule has 1 amide bonds. The number of benzene rings is 1. The summed E-state index contributed by atoms with van der Waals surface area (Å²) >= 11 is 1.37. The van der Waals surface area contributed by atoms with Crippen LogP contribution in [0.25, 0.3) is 0 Å². The molecule has 0 aromatic heterocycles. The molecule has 1 aromatic rings. The van der Waals surface area contributed by atoms with E-state index in [0.717, 1.165) is 0 Å². The lowest BCUT2D eigenvalue weighted by molar-refractivity contribution is 0.107. The number of aliphatic imine (C=N–C) groups is 1. The Morgan fingerprint density at radius 3 is 2.81 bits per heavy atom. The average molecular weight is 381 g/mol. The van der Waals surface area contributed by atoms with Crippen LogP contribution >= 0.6 is 11.8 Å². The van der Waals surface area contributed by atoms with Crippen molar-refractivity contribution < 1.29 is 19.0 Å². The molecule has 1 saturated heterocycles. The number of nitrogen functional groups attached to an aromatic ring is 1. The number of amidine groups is 1. The van der Waals surface area contributed by atoms with E-state index in [1.54, 1.807) is 26.8 Å². The van der Waals surface area contributed by atoms with Gasteiger partial charge in [-0.3, -0.25) is 4.90 Å². The molecular formula is C18H24FN3O3S. The van der Waals surface area contributed by atoms with Crippen LogP contribution < -0.4 is 5.73 Å². The lowest BCUT2D eigenvalue weighted by Crippen LogP contribution is -2.51. The Kier molecular flexibility index (Phi) is 4.69. The fourth-order valence-corrected chi connectivity index (χ4v) is 5.19. The number of amides is 1. The first-order valence-electron chi connectivity index (χ1n) is 8.49. The maximum Gasteiger partial charge on any atom is 0.413 e. The van der Waals surface area contributed by atoms with Crippen LogP contribution in [-0.2, 0) is 10.3 Å². The van der Waals surface area contributed by atoms with Crippen molar-refractivity contribution in [2.24, 2.45) is 10.9 Å². The van der Waals surface area contributed by atoms with E-state index in [1.807, 2.05) is 6.92 Å². The van der Waals surface area contributed by atoms with Crippen molar-refractivity contribution in [3.05, 3.63) is 29.6 Å². The number of thioether (sulfide) groups is 1. The number of fused-ring (bicyclic) bond motifs is 1. The number of halogens is 1. The maximum atomic E-state index is 14.7. The molecule has 8 heteroatoms. The Balaban J connectivity index is 2.18. The van der Waals surface area contributed by atoms with Crippen molar-refractivity contribution >= 4 is 28.7 Å². The number of anilines is 1. The first kappa shape index (κ1) is 19.0. The van der Waals surface area contributed by atoms with E-state index in [2.05, 4.69) is 0 Å². The second-order valence-corrected chi connectivity index (χ2v) is 8.77. The fourth-order valence-electron chi connectivity index (χ4n) is 3.61. The highest BCUT2D eigenvalue weighted by Gasteiger charge is 2.54. The first-order valence-corrected chi connectivity index (χ1v) is 9.48. The molecule has 0 bridgehead atoms. The van der Waals surface area contributed by atoms with Crippen molar-refractivity contribution in [2.75, 3.05) is 18.1 Å². The van der Waals surface area contributed by atoms with Gasteiger partial charge in [-0.05, 0) is 45.9 Å². The van der Waals surface area contributed by atoms with Gasteiger partial charge in [0.05, 0.1) is 12.7 Å². The predicted molar refractivity (Wildman–Crippen MR) is 101 cm³/mol. The first-order chi connectivity index (χ1) is 12.1. The van der Waals surface area contributed by atoms with Gasteiger partial charge in [0.25, 0.3) is 0 Å². The molecule has 6 nitrogen and oxygen atoms in total. The number of nitrogens with two attached hydrogens (primary N) is 1. The van der Waals surface area contributed by atoms with Gasteiger partial charge in [-0.25, -0.2) is 14.2 Å². The zero-order valence-corrected chi connectivity index (χ0v) is 16.1. The van der Waals surface area contributed by atoms with Gasteiger partial charge in [0.1, 0.15) is 11.4 Å². The van der Waals surface area contributed by atoms with Crippen molar-refractivity contribution in [1.29, 1.82) is 0 Å². The van der Waals surface area contributed by atoms with Gasteiger partial charge < -0.3 is 15.6 Å². The summed E-state index contributed by atoms with van der Waals surface area (Å²) in [5, 5.41) is 10.1. The van der Waals surface area contributed by atoms with Gasteiger partial charge in [0.2, 0.25) is 0 Å². The standard InChI is InChI=1S/C18H24FN3O3S/c1-10-13-8-26-15(22(16(23)24)17(2,3)4)21-18(13,9-25-10)12-7-11(20)5-6-14(12)19/h5-7,10,13H,8-9,20H2,1-4H3,(H,23,24)/t10-,13+,18-/m0/s1. The normalized spacial score (nSPS) is 28.4. The summed E-state index contributed by atoms with van der Waals surface area (Å²) in [6.45, 7) is 7.55. The lowest BCUT2D eigenvalue weighted by Gasteiger charge is -2.41. The third-order valence-electron chi connectivity index (χ3n) is 4.94. The van der Waals surface area contributed by atoms with Crippen LogP contribution in [0, 0.1) is 11.7 Å². The SMILES string of the molecule is C[C@@H]1OC[C@@]2(c3cc(N)ccc3F)N=C(N(C(=O)O)C(C)(C)C)SC[C@H]12. The van der Waals surface area contributed by atoms with Gasteiger partial charge in [-0.2, -0.15) is 0 Å². The summed E-state index contributed by atoms with van der Waals surface area (Å²) in [5.41, 5.74) is 5.05. The molecule has 142 valence electrons. The molecule has 3 atom stereocenters. The molecule has 2 aliphatic rings. The summed E-state index contributed by atoms with van der Waals surface area (Å²) < 4.78 is 20.6. The van der Waals surface area contributed by atoms with E-state index in [9.17, 15) is 14.3 Å². The number of hydrogen-bond acceptors (Lipinski definition) is 5. The molecule has 0 aliphatic carbocycles. The Hall–Kier alpha value is -1.80. The number of carbonyl (C=O) groups is 1. The van der Waals surface area contributed by atoms with Gasteiger partial charge >= 0.3 is 6.09 Å². The average Bonchev–Trinajstić information content (AvgIpc) is 2.85.